The van der Waals surface area contributed by atoms with E-state index in [0.717, 1.165) is 5.56 Å². The number of amides is 2. The summed E-state index contributed by atoms with van der Waals surface area (Å²) in [7, 11) is 3.03. The first-order valence-electron chi connectivity index (χ1n) is 12.0. The third kappa shape index (κ3) is 6.27. The predicted molar refractivity (Wildman–Crippen MR) is 150 cm³/mol. The molecule has 0 bridgehead atoms. The standard InChI is InChI=1S/C29H28N4O5S/c1-17-7-9-19(10-8-17)32-25(34)16-39-29-21(15-30)27(24-6-5-13-38-24)26(18(2)31-29)28(35)33-22-14-20(36-3)11-12-23(22)37-4/h5-14,27,31H,16H2,1-4H3,(H,32,34)(H,33,35)/t27-/m0/s1. The fraction of sp³-hybridized carbons (Fsp3) is 0.207. The second-order valence-electron chi connectivity index (χ2n) is 8.69. The molecule has 0 radical (unpaired) electrons. The van der Waals surface area contributed by atoms with Crippen LogP contribution in [0.15, 0.2) is 87.1 Å². The van der Waals surface area contributed by atoms with Crippen molar-refractivity contribution in [3.63, 3.8) is 0 Å². The number of carbonyl (C=O) groups is 2. The van der Waals surface area contributed by atoms with Gasteiger partial charge in [-0.05, 0) is 50.2 Å². The molecule has 0 unspecified atom stereocenters. The lowest BCUT2D eigenvalue weighted by molar-refractivity contribution is -0.114. The number of aryl methyl sites for hydroxylation is 1. The van der Waals surface area contributed by atoms with Gasteiger partial charge in [0.15, 0.2) is 0 Å². The lowest BCUT2D eigenvalue weighted by Gasteiger charge is -2.28. The SMILES string of the molecule is COc1ccc(OC)c(NC(=O)C2=C(C)NC(SCC(=O)Nc3ccc(C)cc3)=C(C#N)[C@H]2c2ccco2)c1. The molecule has 1 aromatic heterocycles. The Balaban J connectivity index is 1.60. The molecule has 4 rings (SSSR count). The highest BCUT2D eigenvalue weighted by Crippen LogP contribution is 2.41. The number of thioether (sulfide) groups is 1. The highest BCUT2D eigenvalue weighted by atomic mass is 32.2. The quantitative estimate of drug-likeness (QED) is 0.331. The number of carbonyl (C=O) groups excluding carboxylic acids is 2. The number of hydrogen-bond donors (Lipinski definition) is 3. The number of anilines is 2. The van der Waals surface area contributed by atoms with Crippen LogP contribution in [0.3, 0.4) is 0 Å². The zero-order valence-corrected chi connectivity index (χ0v) is 22.8. The second kappa shape index (κ2) is 12.3. The molecule has 0 aliphatic carbocycles. The lowest BCUT2D eigenvalue weighted by atomic mass is 9.85. The molecule has 2 heterocycles. The summed E-state index contributed by atoms with van der Waals surface area (Å²) in [6.07, 6.45) is 1.49. The number of methoxy groups -OCH3 is 2. The van der Waals surface area contributed by atoms with E-state index in [0.29, 0.717) is 44.9 Å². The van der Waals surface area contributed by atoms with Gasteiger partial charge < -0.3 is 29.8 Å². The van der Waals surface area contributed by atoms with Crippen LogP contribution in [0.1, 0.15) is 24.2 Å². The van der Waals surface area contributed by atoms with Gasteiger partial charge in [0.2, 0.25) is 5.91 Å². The van der Waals surface area contributed by atoms with E-state index in [-0.39, 0.29) is 17.2 Å². The van der Waals surface area contributed by atoms with E-state index >= 15 is 0 Å². The average Bonchev–Trinajstić information content (AvgIpc) is 3.47. The van der Waals surface area contributed by atoms with Gasteiger partial charge in [0.05, 0.1) is 60.1 Å². The minimum atomic E-state index is -0.787. The summed E-state index contributed by atoms with van der Waals surface area (Å²) in [5.41, 5.74) is 3.29. The van der Waals surface area contributed by atoms with E-state index in [1.807, 2.05) is 31.2 Å². The van der Waals surface area contributed by atoms with Crippen molar-refractivity contribution in [3.05, 3.63) is 94.1 Å². The fourth-order valence-corrected chi connectivity index (χ4v) is 5.03. The molecule has 3 N–H and O–H groups in total. The number of ether oxygens (including phenoxy) is 2. The molecule has 1 atom stereocenters. The van der Waals surface area contributed by atoms with Gasteiger partial charge in [-0.1, -0.05) is 29.5 Å². The molecule has 2 aromatic carbocycles. The average molecular weight is 545 g/mol. The van der Waals surface area contributed by atoms with Gasteiger partial charge in [0, 0.05) is 17.5 Å². The molecule has 10 heteroatoms. The number of hydrogen-bond acceptors (Lipinski definition) is 8. The first kappa shape index (κ1) is 27.4. The van der Waals surface area contributed by atoms with Crippen LogP contribution in [0.5, 0.6) is 11.5 Å². The van der Waals surface area contributed by atoms with Gasteiger partial charge in [0.25, 0.3) is 5.91 Å². The smallest absolute Gasteiger partial charge is 0.254 e. The molecule has 200 valence electrons. The van der Waals surface area contributed by atoms with Gasteiger partial charge in [-0.2, -0.15) is 5.26 Å². The molecular weight excluding hydrogens is 516 g/mol. The Labute approximate surface area is 230 Å². The van der Waals surface area contributed by atoms with Gasteiger partial charge in [-0.3, -0.25) is 9.59 Å². The van der Waals surface area contributed by atoms with E-state index in [2.05, 4.69) is 22.0 Å². The number of nitrogens with one attached hydrogen (secondary N) is 3. The van der Waals surface area contributed by atoms with Crippen molar-refractivity contribution in [1.82, 2.24) is 5.32 Å². The summed E-state index contributed by atoms with van der Waals surface area (Å²) in [5.74, 6) is 0.0289. The van der Waals surface area contributed by atoms with Crippen molar-refractivity contribution in [2.24, 2.45) is 0 Å². The van der Waals surface area contributed by atoms with Crippen LogP contribution in [0.25, 0.3) is 0 Å². The van der Waals surface area contributed by atoms with Crippen molar-refractivity contribution >= 4 is 35.0 Å². The third-order valence-corrected chi connectivity index (χ3v) is 7.07. The molecule has 3 aromatic rings. The maximum atomic E-state index is 13.7. The fourth-order valence-electron chi connectivity index (χ4n) is 4.14. The molecule has 1 aliphatic heterocycles. The Hall–Kier alpha value is -4.62. The van der Waals surface area contributed by atoms with Crippen molar-refractivity contribution in [3.8, 4) is 17.6 Å². The monoisotopic (exact) mass is 544 g/mol. The van der Waals surface area contributed by atoms with Crippen molar-refractivity contribution in [1.29, 1.82) is 5.26 Å². The van der Waals surface area contributed by atoms with E-state index in [1.54, 1.807) is 37.3 Å². The number of benzene rings is 2. The van der Waals surface area contributed by atoms with Crippen molar-refractivity contribution in [2.45, 2.75) is 19.8 Å². The Bertz CT molecular complexity index is 1470. The van der Waals surface area contributed by atoms with Gasteiger partial charge >= 0.3 is 0 Å². The predicted octanol–water partition coefficient (Wildman–Crippen LogP) is 5.31. The van der Waals surface area contributed by atoms with Crippen LogP contribution in [0.4, 0.5) is 11.4 Å². The zero-order valence-electron chi connectivity index (χ0n) is 22.0. The summed E-state index contributed by atoms with van der Waals surface area (Å²) in [4.78, 5) is 26.3. The minimum absolute atomic E-state index is 0.0576. The summed E-state index contributed by atoms with van der Waals surface area (Å²) >= 11 is 1.18. The maximum absolute atomic E-state index is 13.7. The molecule has 0 fully saturated rings. The van der Waals surface area contributed by atoms with E-state index < -0.39 is 11.8 Å². The number of nitriles is 1. The molecular formula is C29H28N4O5S. The number of furan rings is 1. The van der Waals surface area contributed by atoms with E-state index in [9.17, 15) is 14.9 Å². The Kier molecular flexibility index (Phi) is 8.63. The van der Waals surface area contributed by atoms with E-state index in [4.69, 9.17) is 13.9 Å². The van der Waals surface area contributed by atoms with Crippen LogP contribution in [0, 0.1) is 18.3 Å². The van der Waals surface area contributed by atoms with Gasteiger partial charge in [-0.25, -0.2) is 0 Å². The number of rotatable bonds is 9. The number of nitrogens with zero attached hydrogens (tertiary/aromatic N) is 1. The zero-order chi connectivity index (χ0) is 27.9. The normalized spacial score (nSPS) is 14.8. The van der Waals surface area contributed by atoms with E-state index in [1.165, 1.54) is 32.2 Å². The second-order valence-corrected chi connectivity index (χ2v) is 9.68. The van der Waals surface area contributed by atoms with Crippen molar-refractivity contribution < 1.29 is 23.5 Å². The lowest BCUT2D eigenvalue weighted by Crippen LogP contribution is -2.31. The first-order valence-corrected chi connectivity index (χ1v) is 13.0. The summed E-state index contributed by atoms with van der Waals surface area (Å²) in [5, 5.41) is 19.6. The summed E-state index contributed by atoms with van der Waals surface area (Å²) < 4.78 is 16.4. The van der Waals surface area contributed by atoms with Crippen LogP contribution in [-0.2, 0) is 9.59 Å². The minimum Gasteiger partial charge on any atom is -0.497 e. The Morgan fingerprint density at radius 2 is 1.85 bits per heavy atom. The largest absolute Gasteiger partial charge is 0.497 e. The first-order chi connectivity index (χ1) is 18.8. The van der Waals surface area contributed by atoms with Crippen LogP contribution < -0.4 is 25.4 Å². The topological polar surface area (TPSA) is 126 Å². The highest BCUT2D eigenvalue weighted by molar-refractivity contribution is 8.03. The van der Waals surface area contributed by atoms with Gasteiger partial charge in [-0.15, -0.1) is 0 Å². The molecule has 0 saturated carbocycles. The molecule has 39 heavy (non-hydrogen) atoms. The molecule has 0 saturated heterocycles. The number of dihydropyridines is 1. The van der Waals surface area contributed by atoms with Crippen LogP contribution in [0.2, 0.25) is 0 Å². The third-order valence-electron chi connectivity index (χ3n) is 6.06. The molecule has 2 amide bonds. The summed E-state index contributed by atoms with van der Waals surface area (Å²) in [6, 6.07) is 18.2. The molecule has 0 spiro atoms. The molecule has 1 aliphatic rings. The Morgan fingerprint density at radius 3 is 2.49 bits per heavy atom. The summed E-state index contributed by atoms with van der Waals surface area (Å²) in [6.45, 7) is 3.72. The van der Waals surface area contributed by atoms with Crippen LogP contribution in [-0.4, -0.2) is 31.8 Å². The highest BCUT2D eigenvalue weighted by Gasteiger charge is 2.36. The van der Waals surface area contributed by atoms with Crippen molar-refractivity contribution in [2.75, 3.05) is 30.6 Å². The maximum Gasteiger partial charge on any atom is 0.254 e. The van der Waals surface area contributed by atoms with Gasteiger partial charge in [0.1, 0.15) is 17.3 Å². The number of allylic oxidation sites excluding steroid dienone is 2. The van der Waals surface area contributed by atoms with Crippen LogP contribution >= 0.6 is 11.8 Å². The Morgan fingerprint density at radius 1 is 1.08 bits per heavy atom. The molecule has 9 nitrogen and oxygen atoms in total.